The predicted molar refractivity (Wildman–Crippen MR) is 117 cm³/mol. The molecule has 6 nitrogen and oxygen atoms in total. The average molecular weight is 408 g/mol. The van der Waals surface area contributed by atoms with E-state index >= 15 is 0 Å². The van der Waals surface area contributed by atoms with E-state index in [0.717, 1.165) is 38.0 Å². The monoisotopic (exact) mass is 407 g/mol. The van der Waals surface area contributed by atoms with Crippen LogP contribution in [0.1, 0.15) is 24.8 Å². The van der Waals surface area contributed by atoms with Gasteiger partial charge in [0.25, 0.3) is 5.91 Å². The molecule has 30 heavy (non-hydrogen) atoms. The zero-order valence-electron chi connectivity index (χ0n) is 17.3. The van der Waals surface area contributed by atoms with Crippen LogP contribution in [0.15, 0.2) is 54.6 Å². The van der Waals surface area contributed by atoms with Gasteiger partial charge in [0, 0.05) is 19.6 Å². The van der Waals surface area contributed by atoms with Crippen LogP contribution in [0.2, 0.25) is 0 Å². The molecule has 0 spiro atoms. The lowest BCUT2D eigenvalue weighted by molar-refractivity contribution is -0.139. The fourth-order valence-electron chi connectivity index (χ4n) is 4.12. The molecule has 1 fully saturated rings. The molecular formula is C24H29N3O3. The molecule has 0 radical (unpaired) electrons. The van der Waals surface area contributed by atoms with Crippen LogP contribution in [0.25, 0.3) is 0 Å². The minimum absolute atomic E-state index is 0.0266. The number of anilines is 1. The Morgan fingerprint density at radius 1 is 0.967 bits per heavy atom. The summed E-state index contributed by atoms with van der Waals surface area (Å²) in [5.41, 5.74) is 2.06. The maximum atomic E-state index is 13.0. The van der Waals surface area contributed by atoms with Gasteiger partial charge in [-0.05, 0) is 43.4 Å². The summed E-state index contributed by atoms with van der Waals surface area (Å²) in [6, 6.07) is 17.7. The van der Waals surface area contributed by atoms with E-state index in [2.05, 4.69) is 17.4 Å². The number of hydrogen-bond donors (Lipinski definition) is 1. The minimum atomic E-state index is -0.574. The highest BCUT2D eigenvalue weighted by molar-refractivity contribution is 5.86. The fraction of sp³-hybridized carbons (Fsp3) is 0.417. The summed E-state index contributed by atoms with van der Waals surface area (Å²) < 4.78 is 6.03. The van der Waals surface area contributed by atoms with Crippen molar-refractivity contribution in [3.63, 3.8) is 0 Å². The molecule has 0 saturated carbocycles. The topological polar surface area (TPSA) is 61.9 Å². The van der Waals surface area contributed by atoms with E-state index in [1.165, 1.54) is 12.0 Å². The lowest BCUT2D eigenvalue weighted by atomic mass is 10.1. The standard InChI is InChI=1S/C24H29N3O3/c28-23(25-14-13-19-9-3-1-4-10-19)18-27-17-22(24(29)26-15-7-2-8-16-26)30-21-12-6-5-11-20(21)27/h1,3-6,9-12,22H,2,7-8,13-18H2,(H,25,28)/t22-/m0/s1. The molecule has 2 aliphatic rings. The first-order chi connectivity index (χ1) is 14.7. The van der Waals surface area contributed by atoms with Gasteiger partial charge in [-0.25, -0.2) is 0 Å². The Balaban J connectivity index is 1.38. The Kier molecular flexibility index (Phi) is 6.52. The van der Waals surface area contributed by atoms with Crippen molar-refractivity contribution in [2.75, 3.05) is 37.6 Å². The number of nitrogens with one attached hydrogen (secondary N) is 1. The number of para-hydroxylation sites is 2. The highest BCUT2D eigenvalue weighted by Crippen LogP contribution is 2.33. The normalized spacial score (nSPS) is 18.3. The summed E-state index contributed by atoms with van der Waals surface area (Å²) in [5, 5.41) is 3.00. The minimum Gasteiger partial charge on any atom is -0.477 e. The van der Waals surface area contributed by atoms with Crippen LogP contribution < -0.4 is 15.0 Å². The van der Waals surface area contributed by atoms with Gasteiger partial charge in [0.15, 0.2) is 6.10 Å². The second-order valence-corrected chi connectivity index (χ2v) is 7.93. The maximum Gasteiger partial charge on any atom is 0.265 e. The van der Waals surface area contributed by atoms with Crippen LogP contribution in [0.5, 0.6) is 5.75 Å². The van der Waals surface area contributed by atoms with Gasteiger partial charge < -0.3 is 19.9 Å². The number of fused-ring (bicyclic) bond motifs is 1. The SMILES string of the molecule is O=C(CN1C[C@@H](C(=O)N2CCCCC2)Oc2ccccc21)NCCc1ccccc1. The molecule has 2 aromatic rings. The number of carbonyl (C=O) groups excluding carboxylic acids is 2. The maximum absolute atomic E-state index is 13.0. The molecule has 4 rings (SSSR count). The van der Waals surface area contributed by atoms with E-state index < -0.39 is 6.10 Å². The first kappa shape index (κ1) is 20.3. The van der Waals surface area contributed by atoms with E-state index in [4.69, 9.17) is 4.74 Å². The molecule has 158 valence electrons. The molecule has 0 unspecified atom stereocenters. The van der Waals surface area contributed by atoms with Crippen LogP contribution in [0.3, 0.4) is 0 Å². The molecule has 2 heterocycles. The summed E-state index contributed by atoms with van der Waals surface area (Å²) in [4.78, 5) is 29.5. The van der Waals surface area contributed by atoms with Crippen LogP contribution >= 0.6 is 0 Å². The summed E-state index contributed by atoms with van der Waals surface area (Å²) in [7, 11) is 0. The van der Waals surface area contributed by atoms with Gasteiger partial charge >= 0.3 is 0 Å². The molecule has 0 bridgehead atoms. The number of nitrogens with zero attached hydrogens (tertiary/aromatic N) is 2. The first-order valence-corrected chi connectivity index (χ1v) is 10.8. The van der Waals surface area contributed by atoms with Crippen LogP contribution in [0, 0.1) is 0 Å². The zero-order valence-corrected chi connectivity index (χ0v) is 17.3. The van der Waals surface area contributed by atoms with Gasteiger partial charge in [-0.3, -0.25) is 9.59 Å². The number of amides is 2. The summed E-state index contributed by atoms with van der Waals surface area (Å²) in [5.74, 6) is 0.640. The Hall–Kier alpha value is -3.02. The van der Waals surface area contributed by atoms with E-state index in [1.807, 2.05) is 52.3 Å². The number of benzene rings is 2. The lowest BCUT2D eigenvalue weighted by Gasteiger charge is -2.38. The lowest BCUT2D eigenvalue weighted by Crippen LogP contribution is -2.53. The third-order valence-electron chi connectivity index (χ3n) is 5.72. The fourth-order valence-corrected chi connectivity index (χ4v) is 4.12. The Morgan fingerprint density at radius 3 is 2.50 bits per heavy atom. The quantitative estimate of drug-likeness (QED) is 0.800. The molecule has 6 heteroatoms. The third kappa shape index (κ3) is 4.93. The van der Waals surface area contributed by atoms with E-state index in [-0.39, 0.29) is 18.4 Å². The largest absolute Gasteiger partial charge is 0.477 e. The van der Waals surface area contributed by atoms with Crippen LogP contribution in [-0.4, -0.2) is 55.5 Å². The van der Waals surface area contributed by atoms with Crippen LogP contribution in [-0.2, 0) is 16.0 Å². The molecular weight excluding hydrogens is 378 g/mol. The predicted octanol–water partition coefficient (Wildman–Crippen LogP) is 2.63. The van der Waals surface area contributed by atoms with Crippen molar-refractivity contribution in [1.29, 1.82) is 0 Å². The Morgan fingerprint density at radius 2 is 1.70 bits per heavy atom. The van der Waals surface area contributed by atoms with E-state index in [9.17, 15) is 9.59 Å². The second-order valence-electron chi connectivity index (χ2n) is 7.93. The van der Waals surface area contributed by atoms with Gasteiger partial charge in [0.2, 0.25) is 5.91 Å². The van der Waals surface area contributed by atoms with Crippen molar-refractivity contribution >= 4 is 17.5 Å². The van der Waals surface area contributed by atoms with Crippen molar-refractivity contribution in [1.82, 2.24) is 10.2 Å². The van der Waals surface area contributed by atoms with Crippen molar-refractivity contribution in [2.45, 2.75) is 31.8 Å². The Bertz CT molecular complexity index is 865. The van der Waals surface area contributed by atoms with E-state index in [1.54, 1.807) is 0 Å². The Labute approximate surface area is 177 Å². The third-order valence-corrected chi connectivity index (χ3v) is 5.72. The summed E-state index contributed by atoms with van der Waals surface area (Å²) in [6.07, 6.45) is 3.48. The average Bonchev–Trinajstić information content (AvgIpc) is 2.80. The molecule has 1 atom stereocenters. The molecule has 1 saturated heterocycles. The smallest absolute Gasteiger partial charge is 0.265 e. The number of ether oxygens (including phenoxy) is 1. The zero-order chi connectivity index (χ0) is 20.8. The molecule has 0 aromatic heterocycles. The number of likely N-dealkylation sites (tertiary alicyclic amines) is 1. The van der Waals surface area contributed by atoms with E-state index in [0.29, 0.717) is 18.8 Å². The van der Waals surface area contributed by atoms with Crippen molar-refractivity contribution in [3.8, 4) is 5.75 Å². The van der Waals surface area contributed by atoms with Crippen molar-refractivity contribution in [3.05, 3.63) is 60.2 Å². The molecule has 2 aliphatic heterocycles. The number of rotatable bonds is 6. The van der Waals surface area contributed by atoms with Gasteiger partial charge in [0.1, 0.15) is 5.75 Å². The summed E-state index contributed by atoms with van der Waals surface area (Å²) >= 11 is 0. The number of carbonyl (C=O) groups is 2. The van der Waals surface area contributed by atoms with Crippen molar-refractivity contribution < 1.29 is 14.3 Å². The second kappa shape index (κ2) is 9.65. The highest BCUT2D eigenvalue weighted by atomic mass is 16.5. The van der Waals surface area contributed by atoms with Gasteiger partial charge in [-0.1, -0.05) is 42.5 Å². The van der Waals surface area contributed by atoms with Crippen molar-refractivity contribution in [2.24, 2.45) is 0 Å². The first-order valence-electron chi connectivity index (χ1n) is 10.8. The summed E-state index contributed by atoms with van der Waals surface area (Å²) in [6.45, 7) is 2.77. The molecule has 1 N–H and O–H groups in total. The van der Waals surface area contributed by atoms with Gasteiger partial charge in [-0.15, -0.1) is 0 Å². The highest BCUT2D eigenvalue weighted by Gasteiger charge is 2.34. The molecule has 2 amide bonds. The molecule has 0 aliphatic carbocycles. The van der Waals surface area contributed by atoms with Gasteiger partial charge in [-0.2, -0.15) is 0 Å². The number of hydrogen-bond acceptors (Lipinski definition) is 4. The van der Waals surface area contributed by atoms with Crippen LogP contribution in [0.4, 0.5) is 5.69 Å². The number of piperidine rings is 1. The van der Waals surface area contributed by atoms with Gasteiger partial charge in [0.05, 0.1) is 18.8 Å². The molecule has 2 aromatic carbocycles.